The van der Waals surface area contributed by atoms with Crippen LogP contribution >= 0.6 is 35.3 Å². The highest BCUT2D eigenvalue weighted by Crippen LogP contribution is 2.18. The van der Waals surface area contributed by atoms with Crippen LogP contribution in [0.1, 0.15) is 18.4 Å². The molecule has 0 aromatic carbocycles. The third kappa shape index (κ3) is 6.94. The van der Waals surface area contributed by atoms with Gasteiger partial charge in [-0.25, -0.2) is 12.7 Å². The second-order valence-corrected chi connectivity index (χ2v) is 8.31. The zero-order valence-electron chi connectivity index (χ0n) is 13.5. The number of hydrogen-bond donors (Lipinski definition) is 2. The molecule has 1 aromatic heterocycles. The van der Waals surface area contributed by atoms with E-state index < -0.39 is 10.0 Å². The van der Waals surface area contributed by atoms with Crippen molar-refractivity contribution in [2.24, 2.45) is 10.9 Å². The van der Waals surface area contributed by atoms with Crippen molar-refractivity contribution in [3.8, 4) is 0 Å². The molecule has 0 saturated carbocycles. The molecule has 1 saturated heterocycles. The van der Waals surface area contributed by atoms with Crippen LogP contribution in [0.4, 0.5) is 0 Å². The molecule has 9 heteroatoms. The van der Waals surface area contributed by atoms with E-state index in [-0.39, 0.29) is 24.0 Å². The van der Waals surface area contributed by atoms with Gasteiger partial charge in [0.05, 0.1) is 6.26 Å². The van der Waals surface area contributed by atoms with E-state index in [2.05, 4.69) is 32.5 Å². The normalized spacial score (nSPS) is 17.6. The molecule has 132 valence electrons. The first-order chi connectivity index (χ1) is 10.5. The Labute approximate surface area is 159 Å². The molecule has 1 aromatic rings. The highest BCUT2D eigenvalue weighted by Gasteiger charge is 2.24. The molecule has 1 aliphatic rings. The Morgan fingerprint density at radius 2 is 2.09 bits per heavy atom. The first kappa shape index (κ1) is 20.7. The number of thiophene rings is 1. The fourth-order valence-corrected chi connectivity index (χ4v) is 4.03. The summed E-state index contributed by atoms with van der Waals surface area (Å²) in [5, 5.41) is 10.8. The van der Waals surface area contributed by atoms with Crippen molar-refractivity contribution in [3.63, 3.8) is 0 Å². The van der Waals surface area contributed by atoms with E-state index in [1.807, 2.05) is 0 Å². The van der Waals surface area contributed by atoms with E-state index in [1.54, 1.807) is 22.7 Å². The number of hydrogen-bond acceptors (Lipinski definition) is 4. The van der Waals surface area contributed by atoms with E-state index in [0.717, 1.165) is 31.9 Å². The lowest BCUT2D eigenvalue weighted by Crippen LogP contribution is -2.43. The van der Waals surface area contributed by atoms with Crippen LogP contribution in [-0.4, -0.2) is 51.6 Å². The molecule has 2 N–H and O–H groups in total. The van der Waals surface area contributed by atoms with E-state index >= 15 is 0 Å². The van der Waals surface area contributed by atoms with Gasteiger partial charge in [-0.1, -0.05) is 0 Å². The summed E-state index contributed by atoms with van der Waals surface area (Å²) in [5.74, 6) is 1.27. The Kier molecular flexibility index (Phi) is 8.80. The second kappa shape index (κ2) is 9.80. The molecule has 0 spiro atoms. The molecule has 0 aliphatic carbocycles. The minimum absolute atomic E-state index is 0. The molecule has 6 nitrogen and oxygen atoms in total. The van der Waals surface area contributed by atoms with E-state index in [0.29, 0.717) is 19.0 Å². The largest absolute Gasteiger partial charge is 0.356 e. The van der Waals surface area contributed by atoms with Gasteiger partial charge in [0.25, 0.3) is 0 Å². The summed E-state index contributed by atoms with van der Waals surface area (Å²) < 4.78 is 24.5. The second-order valence-electron chi connectivity index (χ2n) is 5.54. The van der Waals surface area contributed by atoms with E-state index in [9.17, 15) is 8.42 Å². The number of guanidine groups is 1. The molecule has 0 unspecified atom stereocenters. The van der Waals surface area contributed by atoms with Gasteiger partial charge in [-0.15, -0.1) is 24.0 Å². The third-order valence-corrected chi connectivity index (χ3v) is 5.90. The fraction of sp³-hybridized carbons (Fsp3) is 0.643. The quantitative estimate of drug-likeness (QED) is 0.389. The summed E-state index contributed by atoms with van der Waals surface area (Å²) >= 11 is 1.68. The maximum atomic E-state index is 11.5. The number of aliphatic imine (C=N–C) groups is 1. The molecule has 1 fully saturated rings. The highest BCUT2D eigenvalue weighted by atomic mass is 127. The van der Waals surface area contributed by atoms with Gasteiger partial charge in [0.2, 0.25) is 10.0 Å². The zero-order chi connectivity index (χ0) is 16.0. The summed E-state index contributed by atoms with van der Waals surface area (Å²) in [7, 11) is -1.28. The number of nitrogens with one attached hydrogen (secondary N) is 2. The van der Waals surface area contributed by atoms with Crippen LogP contribution in [0.2, 0.25) is 0 Å². The molecular weight excluding hydrogens is 447 g/mol. The van der Waals surface area contributed by atoms with Gasteiger partial charge in [0, 0.05) is 33.2 Å². The zero-order valence-corrected chi connectivity index (χ0v) is 17.5. The van der Waals surface area contributed by atoms with Crippen LogP contribution in [0.5, 0.6) is 0 Å². The SMILES string of the molecule is CN=C(NCc1ccsc1)NCC1CCN(S(C)(=O)=O)CC1.I. The van der Waals surface area contributed by atoms with Gasteiger partial charge < -0.3 is 10.6 Å². The average Bonchev–Trinajstić information content (AvgIpc) is 3.00. The van der Waals surface area contributed by atoms with Crippen molar-refractivity contribution < 1.29 is 8.42 Å². The maximum Gasteiger partial charge on any atom is 0.211 e. The smallest absolute Gasteiger partial charge is 0.211 e. The summed E-state index contributed by atoms with van der Waals surface area (Å²) in [5.41, 5.74) is 1.24. The number of rotatable bonds is 5. The number of nitrogens with zero attached hydrogens (tertiary/aromatic N) is 2. The predicted octanol–water partition coefficient (Wildman–Crippen LogP) is 1.70. The van der Waals surface area contributed by atoms with Gasteiger partial charge in [-0.3, -0.25) is 4.99 Å². The molecule has 0 radical (unpaired) electrons. The van der Waals surface area contributed by atoms with Crippen molar-refractivity contribution in [1.82, 2.24) is 14.9 Å². The van der Waals surface area contributed by atoms with Crippen molar-refractivity contribution in [2.75, 3.05) is 32.9 Å². The Morgan fingerprint density at radius 1 is 1.39 bits per heavy atom. The molecule has 2 rings (SSSR count). The van der Waals surface area contributed by atoms with Crippen LogP contribution in [-0.2, 0) is 16.6 Å². The summed E-state index contributed by atoms with van der Waals surface area (Å²) in [6, 6.07) is 2.09. The van der Waals surface area contributed by atoms with Crippen LogP contribution in [0, 0.1) is 5.92 Å². The Hall–Kier alpha value is -0.390. The first-order valence-corrected chi connectivity index (χ1v) is 10.2. The molecule has 0 bridgehead atoms. The lowest BCUT2D eigenvalue weighted by Gasteiger charge is -2.30. The average molecular weight is 472 g/mol. The maximum absolute atomic E-state index is 11.5. The standard InChI is InChI=1S/C14H24N4O2S2.HI/c1-15-14(17-10-13-5-8-21-11-13)16-9-12-3-6-18(7-4-12)22(2,19)20;/h5,8,11-12H,3-4,6-7,9-10H2,1-2H3,(H2,15,16,17);1H. The molecule has 1 aliphatic heterocycles. The van der Waals surface area contributed by atoms with Gasteiger partial charge in [0.15, 0.2) is 5.96 Å². The van der Waals surface area contributed by atoms with E-state index in [1.165, 1.54) is 11.8 Å². The molecule has 0 amide bonds. The van der Waals surface area contributed by atoms with Crippen molar-refractivity contribution in [1.29, 1.82) is 0 Å². The number of sulfonamides is 1. The van der Waals surface area contributed by atoms with Crippen molar-refractivity contribution >= 4 is 51.3 Å². The van der Waals surface area contributed by atoms with Crippen molar-refractivity contribution in [2.45, 2.75) is 19.4 Å². The molecule has 23 heavy (non-hydrogen) atoms. The number of halogens is 1. The highest BCUT2D eigenvalue weighted by molar-refractivity contribution is 14.0. The van der Waals surface area contributed by atoms with Gasteiger partial charge >= 0.3 is 0 Å². The Balaban J connectivity index is 0.00000264. The van der Waals surface area contributed by atoms with Crippen LogP contribution in [0.15, 0.2) is 21.8 Å². The Bertz CT molecular complexity index is 582. The summed E-state index contributed by atoms with van der Waals surface area (Å²) in [4.78, 5) is 4.22. The lowest BCUT2D eigenvalue weighted by molar-refractivity contribution is 0.275. The van der Waals surface area contributed by atoms with Crippen LogP contribution in [0.3, 0.4) is 0 Å². The monoisotopic (exact) mass is 472 g/mol. The van der Waals surface area contributed by atoms with Crippen LogP contribution < -0.4 is 10.6 Å². The van der Waals surface area contributed by atoms with E-state index in [4.69, 9.17) is 0 Å². The Morgan fingerprint density at radius 3 is 2.61 bits per heavy atom. The minimum atomic E-state index is -3.04. The predicted molar refractivity (Wildman–Crippen MR) is 107 cm³/mol. The molecule has 2 heterocycles. The third-order valence-electron chi connectivity index (χ3n) is 3.86. The molecule has 0 atom stereocenters. The summed E-state index contributed by atoms with van der Waals surface area (Å²) in [6.45, 7) is 2.81. The minimum Gasteiger partial charge on any atom is -0.356 e. The fourth-order valence-electron chi connectivity index (χ4n) is 2.49. The first-order valence-electron chi connectivity index (χ1n) is 7.39. The molecular formula is C14H25IN4O2S2. The van der Waals surface area contributed by atoms with Gasteiger partial charge in [0.1, 0.15) is 0 Å². The van der Waals surface area contributed by atoms with Crippen LogP contribution in [0.25, 0.3) is 0 Å². The number of piperidine rings is 1. The topological polar surface area (TPSA) is 73.8 Å². The van der Waals surface area contributed by atoms with Crippen molar-refractivity contribution in [3.05, 3.63) is 22.4 Å². The summed E-state index contributed by atoms with van der Waals surface area (Å²) in [6.07, 6.45) is 3.06. The van der Waals surface area contributed by atoms with Gasteiger partial charge in [-0.05, 0) is 41.1 Å². The van der Waals surface area contributed by atoms with Gasteiger partial charge in [-0.2, -0.15) is 11.3 Å². The lowest BCUT2D eigenvalue weighted by atomic mass is 9.98.